The maximum Gasteiger partial charge on any atom is 0.0576 e. The van der Waals surface area contributed by atoms with Crippen molar-refractivity contribution in [3.8, 4) is 0 Å². The Morgan fingerprint density at radius 1 is 1.37 bits per heavy atom. The van der Waals surface area contributed by atoms with E-state index in [-0.39, 0.29) is 0 Å². The maximum absolute atomic E-state index is 5.45. The Morgan fingerprint density at radius 2 is 2.16 bits per heavy atom. The summed E-state index contributed by atoms with van der Waals surface area (Å²) in [6, 6.07) is 6.72. The van der Waals surface area contributed by atoms with Crippen LogP contribution in [0.25, 0.3) is 0 Å². The molecule has 0 bridgehead atoms. The summed E-state index contributed by atoms with van der Waals surface area (Å²) in [5.74, 6) is 0.769. The van der Waals surface area contributed by atoms with Crippen LogP contribution in [0.15, 0.2) is 18.2 Å². The molecular formula is C16H26N2O. The zero-order chi connectivity index (χ0) is 13.5. The Labute approximate surface area is 116 Å². The van der Waals surface area contributed by atoms with Gasteiger partial charge in [0.1, 0.15) is 0 Å². The number of rotatable bonds is 6. The molecule has 1 fully saturated rings. The Kier molecular flexibility index (Phi) is 5.80. The fraction of sp³-hybridized carbons (Fsp3) is 0.688. The van der Waals surface area contributed by atoms with Crippen molar-refractivity contribution in [3.05, 3.63) is 29.6 Å². The maximum atomic E-state index is 5.45. The molecule has 3 heteroatoms. The lowest BCUT2D eigenvalue weighted by molar-refractivity contribution is 0.0603. The summed E-state index contributed by atoms with van der Waals surface area (Å²) < 4.78 is 5.45. The standard InChI is InChI=1S/C16H26N2O/c1-3-9-17-16(12-14-7-10-19-11-8-14)15-6-4-5-13(2)18-15/h4-6,14,16-17H,3,7-12H2,1-2H3. The quantitative estimate of drug-likeness (QED) is 0.854. The average Bonchev–Trinajstić information content (AvgIpc) is 2.44. The van der Waals surface area contributed by atoms with Crippen molar-refractivity contribution in [1.29, 1.82) is 0 Å². The lowest BCUT2D eigenvalue weighted by Gasteiger charge is -2.27. The van der Waals surface area contributed by atoms with Crippen LogP contribution < -0.4 is 5.32 Å². The lowest BCUT2D eigenvalue weighted by Crippen LogP contribution is -2.27. The van der Waals surface area contributed by atoms with Gasteiger partial charge in [-0.3, -0.25) is 4.98 Å². The molecule has 1 aliphatic heterocycles. The third kappa shape index (κ3) is 4.59. The number of ether oxygens (including phenoxy) is 1. The van der Waals surface area contributed by atoms with Gasteiger partial charge in [-0.2, -0.15) is 0 Å². The van der Waals surface area contributed by atoms with Gasteiger partial charge in [-0.05, 0) is 57.2 Å². The van der Waals surface area contributed by atoms with Crippen molar-refractivity contribution in [3.63, 3.8) is 0 Å². The van der Waals surface area contributed by atoms with E-state index in [4.69, 9.17) is 9.72 Å². The van der Waals surface area contributed by atoms with Crippen molar-refractivity contribution in [2.24, 2.45) is 5.92 Å². The molecule has 0 amide bonds. The highest BCUT2D eigenvalue weighted by Crippen LogP contribution is 2.26. The molecule has 106 valence electrons. The minimum Gasteiger partial charge on any atom is -0.381 e. The molecule has 1 unspecified atom stereocenters. The summed E-state index contributed by atoms with van der Waals surface area (Å²) in [7, 11) is 0. The number of hydrogen-bond acceptors (Lipinski definition) is 3. The van der Waals surface area contributed by atoms with E-state index in [1.54, 1.807) is 0 Å². The van der Waals surface area contributed by atoms with Crippen LogP contribution in [-0.2, 0) is 4.74 Å². The number of nitrogens with zero attached hydrogens (tertiary/aromatic N) is 1. The van der Waals surface area contributed by atoms with Gasteiger partial charge in [0.05, 0.1) is 5.69 Å². The molecule has 3 nitrogen and oxygen atoms in total. The highest BCUT2D eigenvalue weighted by Gasteiger charge is 2.20. The largest absolute Gasteiger partial charge is 0.381 e. The fourth-order valence-corrected chi connectivity index (χ4v) is 2.70. The summed E-state index contributed by atoms with van der Waals surface area (Å²) in [5.41, 5.74) is 2.30. The molecule has 1 N–H and O–H groups in total. The van der Waals surface area contributed by atoms with Crippen LogP contribution in [0.5, 0.6) is 0 Å². The lowest BCUT2D eigenvalue weighted by atomic mass is 9.91. The normalized spacial score (nSPS) is 18.4. The van der Waals surface area contributed by atoms with Crippen molar-refractivity contribution >= 4 is 0 Å². The summed E-state index contributed by atoms with van der Waals surface area (Å²) in [5, 5.41) is 3.66. The van der Waals surface area contributed by atoms with Crippen LogP contribution >= 0.6 is 0 Å². The van der Waals surface area contributed by atoms with Crippen LogP contribution in [0, 0.1) is 12.8 Å². The van der Waals surface area contributed by atoms with E-state index in [2.05, 4.69) is 37.4 Å². The van der Waals surface area contributed by atoms with Gasteiger partial charge < -0.3 is 10.1 Å². The monoisotopic (exact) mass is 262 g/mol. The van der Waals surface area contributed by atoms with Gasteiger partial charge in [0.2, 0.25) is 0 Å². The second-order valence-electron chi connectivity index (χ2n) is 5.50. The first-order valence-electron chi connectivity index (χ1n) is 7.54. The molecule has 2 heterocycles. The average molecular weight is 262 g/mol. The Morgan fingerprint density at radius 3 is 2.84 bits per heavy atom. The van der Waals surface area contributed by atoms with Crippen LogP contribution in [0.4, 0.5) is 0 Å². The second kappa shape index (κ2) is 7.61. The highest BCUT2D eigenvalue weighted by molar-refractivity contribution is 5.13. The van der Waals surface area contributed by atoms with Crippen molar-refractivity contribution in [2.45, 2.75) is 45.6 Å². The second-order valence-corrected chi connectivity index (χ2v) is 5.50. The van der Waals surface area contributed by atoms with Crippen molar-refractivity contribution < 1.29 is 4.74 Å². The Hall–Kier alpha value is -0.930. The minimum atomic E-state index is 0.392. The number of hydrogen-bond donors (Lipinski definition) is 1. The molecular weight excluding hydrogens is 236 g/mol. The van der Waals surface area contributed by atoms with Gasteiger partial charge in [-0.1, -0.05) is 13.0 Å². The Balaban J connectivity index is 2.01. The highest BCUT2D eigenvalue weighted by atomic mass is 16.5. The molecule has 2 rings (SSSR count). The molecule has 0 radical (unpaired) electrons. The molecule has 1 aromatic heterocycles. The summed E-state index contributed by atoms with van der Waals surface area (Å²) >= 11 is 0. The smallest absolute Gasteiger partial charge is 0.0576 e. The topological polar surface area (TPSA) is 34.1 Å². The Bertz CT molecular complexity index is 375. The molecule has 19 heavy (non-hydrogen) atoms. The molecule has 1 aliphatic rings. The summed E-state index contributed by atoms with van der Waals surface area (Å²) in [6.45, 7) is 7.18. The van der Waals surface area contributed by atoms with Crippen LogP contribution in [0.1, 0.15) is 50.0 Å². The zero-order valence-corrected chi connectivity index (χ0v) is 12.2. The minimum absolute atomic E-state index is 0.392. The first-order valence-corrected chi connectivity index (χ1v) is 7.54. The SMILES string of the molecule is CCCNC(CC1CCOCC1)c1cccc(C)n1. The first-order chi connectivity index (χ1) is 9.29. The zero-order valence-electron chi connectivity index (χ0n) is 12.2. The van der Waals surface area contributed by atoms with Gasteiger partial charge in [0.25, 0.3) is 0 Å². The molecule has 0 saturated carbocycles. The summed E-state index contributed by atoms with van der Waals surface area (Å²) in [6.07, 6.45) is 4.72. The van der Waals surface area contributed by atoms with Gasteiger partial charge >= 0.3 is 0 Å². The van der Waals surface area contributed by atoms with Gasteiger partial charge in [-0.25, -0.2) is 0 Å². The third-order valence-corrected chi connectivity index (χ3v) is 3.82. The van der Waals surface area contributed by atoms with Crippen molar-refractivity contribution in [2.75, 3.05) is 19.8 Å². The molecule has 0 aromatic carbocycles. The molecule has 1 saturated heterocycles. The number of aromatic nitrogens is 1. The van der Waals surface area contributed by atoms with E-state index in [1.165, 1.54) is 25.0 Å². The molecule has 0 aliphatic carbocycles. The summed E-state index contributed by atoms with van der Waals surface area (Å²) in [4.78, 5) is 4.70. The van der Waals surface area contributed by atoms with E-state index in [0.717, 1.165) is 37.8 Å². The van der Waals surface area contributed by atoms with Crippen LogP contribution in [-0.4, -0.2) is 24.7 Å². The molecule has 0 spiro atoms. The van der Waals surface area contributed by atoms with E-state index in [1.807, 2.05) is 0 Å². The number of nitrogens with one attached hydrogen (secondary N) is 1. The first kappa shape index (κ1) is 14.5. The number of aryl methyl sites for hydroxylation is 1. The van der Waals surface area contributed by atoms with Crippen molar-refractivity contribution in [1.82, 2.24) is 10.3 Å². The van der Waals surface area contributed by atoms with Crippen LogP contribution in [0.2, 0.25) is 0 Å². The third-order valence-electron chi connectivity index (χ3n) is 3.82. The van der Waals surface area contributed by atoms with E-state index in [0.29, 0.717) is 6.04 Å². The fourth-order valence-electron chi connectivity index (χ4n) is 2.70. The van der Waals surface area contributed by atoms with Gasteiger partial charge in [0, 0.05) is 24.9 Å². The van der Waals surface area contributed by atoms with Gasteiger partial charge in [0.15, 0.2) is 0 Å². The van der Waals surface area contributed by atoms with E-state index >= 15 is 0 Å². The van der Waals surface area contributed by atoms with E-state index in [9.17, 15) is 0 Å². The van der Waals surface area contributed by atoms with Gasteiger partial charge in [-0.15, -0.1) is 0 Å². The van der Waals surface area contributed by atoms with E-state index < -0.39 is 0 Å². The molecule has 1 atom stereocenters. The number of pyridine rings is 1. The predicted octanol–water partition coefficient (Wildman–Crippen LogP) is 3.25. The molecule has 1 aromatic rings. The van der Waals surface area contributed by atoms with Crippen LogP contribution in [0.3, 0.4) is 0 Å². The predicted molar refractivity (Wildman–Crippen MR) is 78.2 cm³/mol.